The number of halogens is 1. The molecule has 0 radical (unpaired) electrons. The van der Waals surface area contributed by atoms with Crippen molar-refractivity contribution in [3.63, 3.8) is 0 Å². The first-order valence-electron chi connectivity index (χ1n) is 9.00. The van der Waals surface area contributed by atoms with Crippen molar-refractivity contribution in [1.82, 2.24) is 25.6 Å². The average Bonchev–Trinajstić information content (AvgIpc) is 3.59. The van der Waals surface area contributed by atoms with Crippen molar-refractivity contribution in [2.24, 2.45) is 0 Å². The standard InChI is InChI=1S/C18H20FN5O2S/c1-10(16(25)21-22-17(26)12-4-6-13(19)7-5-12)27-18-23-20-15(11-2-3-11)24(18)14-8-9-14/h4-7,10-11,14H,2-3,8-9H2,1H3,(H,21,25)(H,22,26)/t10-/m1/s1. The maximum absolute atomic E-state index is 12.9. The molecule has 2 saturated carbocycles. The number of carbonyl (C=O) groups excluding carboxylic acids is 2. The predicted octanol–water partition coefficient (Wildman–Crippen LogP) is 2.57. The molecule has 0 spiro atoms. The molecule has 2 aliphatic carbocycles. The highest BCUT2D eigenvalue weighted by molar-refractivity contribution is 8.00. The largest absolute Gasteiger partial charge is 0.303 e. The highest BCUT2D eigenvalue weighted by Crippen LogP contribution is 2.46. The van der Waals surface area contributed by atoms with E-state index in [1.54, 1.807) is 6.92 Å². The van der Waals surface area contributed by atoms with Gasteiger partial charge in [-0.05, 0) is 56.9 Å². The van der Waals surface area contributed by atoms with Crippen LogP contribution in [0.2, 0.25) is 0 Å². The molecule has 2 fully saturated rings. The minimum atomic E-state index is -0.502. The van der Waals surface area contributed by atoms with Crippen molar-refractivity contribution in [2.45, 2.75) is 55.0 Å². The van der Waals surface area contributed by atoms with Gasteiger partial charge in [0.1, 0.15) is 11.6 Å². The predicted molar refractivity (Wildman–Crippen MR) is 97.6 cm³/mol. The minimum absolute atomic E-state index is 0.263. The van der Waals surface area contributed by atoms with Gasteiger partial charge < -0.3 is 4.57 Å². The highest BCUT2D eigenvalue weighted by Gasteiger charge is 2.37. The molecule has 27 heavy (non-hydrogen) atoms. The molecule has 1 aromatic heterocycles. The number of aromatic nitrogens is 3. The summed E-state index contributed by atoms with van der Waals surface area (Å²) < 4.78 is 15.1. The van der Waals surface area contributed by atoms with Gasteiger partial charge in [0.15, 0.2) is 5.16 Å². The summed E-state index contributed by atoms with van der Waals surface area (Å²) in [6, 6.07) is 5.54. The van der Waals surface area contributed by atoms with E-state index in [2.05, 4.69) is 25.6 Å². The lowest BCUT2D eigenvalue weighted by Crippen LogP contribution is -2.45. The Bertz CT molecular complexity index is 861. The normalized spacial score (nSPS) is 17.4. The third kappa shape index (κ3) is 4.13. The molecule has 0 bridgehead atoms. The second-order valence-corrected chi connectivity index (χ2v) is 8.23. The van der Waals surface area contributed by atoms with E-state index in [4.69, 9.17) is 0 Å². The smallest absolute Gasteiger partial charge is 0.269 e. The van der Waals surface area contributed by atoms with E-state index in [0.717, 1.165) is 36.7 Å². The van der Waals surface area contributed by atoms with E-state index in [1.165, 1.54) is 36.0 Å². The molecule has 1 heterocycles. The van der Waals surface area contributed by atoms with Crippen LogP contribution in [0.3, 0.4) is 0 Å². The number of nitrogens with one attached hydrogen (secondary N) is 2. The van der Waals surface area contributed by atoms with Crippen LogP contribution in [0, 0.1) is 5.82 Å². The van der Waals surface area contributed by atoms with E-state index >= 15 is 0 Å². The first-order valence-corrected chi connectivity index (χ1v) is 9.88. The number of amides is 2. The molecule has 1 aromatic carbocycles. The molecule has 0 aliphatic heterocycles. The van der Waals surface area contributed by atoms with Crippen molar-refractivity contribution in [3.8, 4) is 0 Å². The Hall–Kier alpha value is -2.42. The zero-order valence-corrected chi connectivity index (χ0v) is 15.6. The van der Waals surface area contributed by atoms with Crippen LogP contribution < -0.4 is 10.9 Å². The average molecular weight is 389 g/mol. The Morgan fingerprint density at radius 2 is 1.85 bits per heavy atom. The van der Waals surface area contributed by atoms with E-state index in [0.29, 0.717) is 12.0 Å². The molecule has 0 unspecified atom stereocenters. The Morgan fingerprint density at radius 1 is 1.15 bits per heavy atom. The zero-order chi connectivity index (χ0) is 19.0. The van der Waals surface area contributed by atoms with Gasteiger partial charge in [0.05, 0.1) is 5.25 Å². The molecule has 0 saturated heterocycles. The second kappa shape index (κ2) is 7.30. The number of hydrazine groups is 1. The summed E-state index contributed by atoms with van der Waals surface area (Å²) in [5.41, 5.74) is 5.03. The molecule has 2 N–H and O–H groups in total. The van der Waals surface area contributed by atoms with Gasteiger partial charge in [-0.1, -0.05) is 11.8 Å². The molecule has 4 rings (SSSR count). The van der Waals surface area contributed by atoms with Crippen LogP contribution in [0.1, 0.15) is 60.7 Å². The van der Waals surface area contributed by atoms with Gasteiger partial charge in [-0.3, -0.25) is 20.4 Å². The van der Waals surface area contributed by atoms with Crippen molar-refractivity contribution in [1.29, 1.82) is 0 Å². The van der Waals surface area contributed by atoms with Crippen molar-refractivity contribution in [3.05, 3.63) is 41.5 Å². The second-order valence-electron chi connectivity index (χ2n) is 6.93. The van der Waals surface area contributed by atoms with Crippen molar-refractivity contribution in [2.75, 3.05) is 0 Å². The fraction of sp³-hybridized carbons (Fsp3) is 0.444. The van der Waals surface area contributed by atoms with Gasteiger partial charge in [0.25, 0.3) is 11.8 Å². The van der Waals surface area contributed by atoms with Gasteiger partial charge in [-0.2, -0.15) is 0 Å². The van der Waals surface area contributed by atoms with E-state index in [-0.39, 0.29) is 11.5 Å². The van der Waals surface area contributed by atoms with Gasteiger partial charge in [-0.15, -0.1) is 10.2 Å². The lowest BCUT2D eigenvalue weighted by Gasteiger charge is -2.13. The van der Waals surface area contributed by atoms with Gasteiger partial charge in [-0.25, -0.2) is 4.39 Å². The molecule has 9 heteroatoms. The van der Waals surface area contributed by atoms with Crippen molar-refractivity contribution >= 4 is 23.6 Å². The maximum Gasteiger partial charge on any atom is 0.269 e. The van der Waals surface area contributed by atoms with Crippen LogP contribution in [-0.2, 0) is 4.79 Å². The van der Waals surface area contributed by atoms with Crippen LogP contribution >= 0.6 is 11.8 Å². The monoisotopic (exact) mass is 389 g/mol. The van der Waals surface area contributed by atoms with Crippen LogP contribution in [0.4, 0.5) is 4.39 Å². The lowest BCUT2D eigenvalue weighted by molar-refractivity contribution is -0.121. The maximum atomic E-state index is 12.9. The number of rotatable bonds is 6. The van der Waals surface area contributed by atoms with Crippen LogP contribution in [0.25, 0.3) is 0 Å². The number of carbonyl (C=O) groups is 2. The molecule has 2 amide bonds. The summed E-state index contributed by atoms with van der Waals surface area (Å²) in [4.78, 5) is 24.3. The summed E-state index contributed by atoms with van der Waals surface area (Å²) >= 11 is 1.34. The third-order valence-electron chi connectivity index (χ3n) is 4.60. The molecule has 7 nitrogen and oxygen atoms in total. The summed E-state index contributed by atoms with van der Waals surface area (Å²) in [5, 5.41) is 8.92. The van der Waals surface area contributed by atoms with Crippen LogP contribution in [0.5, 0.6) is 0 Å². The van der Waals surface area contributed by atoms with Crippen molar-refractivity contribution < 1.29 is 14.0 Å². The summed E-state index contributed by atoms with van der Waals surface area (Å²) in [5.74, 6) is 0.279. The Morgan fingerprint density at radius 3 is 2.48 bits per heavy atom. The highest BCUT2D eigenvalue weighted by atomic mass is 32.2. The number of thioether (sulfide) groups is 1. The molecule has 2 aromatic rings. The number of nitrogens with zero attached hydrogens (tertiary/aromatic N) is 3. The Labute approximate surface area is 160 Å². The Balaban J connectivity index is 1.34. The fourth-order valence-electron chi connectivity index (χ4n) is 2.77. The Kier molecular flexibility index (Phi) is 4.86. The quantitative estimate of drug-likeness (QED) is 0.586. The molecular weight excluding hydrogens is 369 g/mol. The third-order valence-corrected chi connectivity index (χ3v) is 5.66. The van der Waals surface area contributed by atoms with E-state index in [1.807, 2.05) is 0 Å². The van der Waals surface area contributed by atoms with Gasteiger partial charge in [0.2, 0.25) is 0 Å². The number of benzene rings is 1. The van der Waals surface area contributed by atoms with E-state index < -0.39 is 17.0 Å². The molecular formula is C18H20FN5O2S. The SMILES string of the molecule is C[C@@H](Sc1nnc(C2CC2)n1C1CC1)C(=O)NNC(=O)c1ccc(F)cc1. The number of hydrogen-bond acceptors (Lipinski definition) is 5. The fourth-order valence-corrected chi connectivity index (χ4v) is 3.70. The summed E-state index contributed by atoms with van der Waals surface area (Å²) in [6.45, 7) is 1.76. The minimum Gasteiger partial charge on any atom is -0.303 e. The molecule has 2 aliphatic rings. The molecule has 142 valence electrons. The molecule has 1 atom stereocenters. The van der Waals surface area contributed by atoms with E-state index in [9.17, 15) is 14.0 Å². The summed E-state index contributed by atoms with van der Waals surface area (Å²) in [6.07, 6.45) is 4.56. The summed E-state index contributed by atoms with van der Waals surface area (Å²) in [7, 11) is 0. The zero-order valence-electron chi connectivity index (χ0n) is 14.8. The van der Waals surface area contributed by atoms with Crippen LogP contribution in [-0.4, -0.2) is 31.8 Å². The number of hydrogen-bond donors (Lipinski definition) is 2. The van der Waals surface area contributed by atoms with Gasteiger partial charge in [0, 0.05) is 17.5 Å². The first-order chi connectivity index (χ1) is 13.0. The van der Waals surface area contributed by atoms with Gasteiger partial charge >= 0.3 is 0 Å². The first kappa shape index (κ1) is 18.0. The topological polar surface area (TPSA) is 88.9 Å². The lowest BCUT2D eigenvalue weighted by atomic mass is 10.2. The van der Waals surface area contributed by atoms with Crippen LogP contribution in [0.15, 0.2) is 29.4 Å².